The summed E-state index contributed by atoms with van der Waals surface area (Å²) >= 11 is 0. The van der Waals surface area contributed by atoms with Crippen LogP contribution in [-0.4, -0.2) is 26.6 Å². The smallest absolute Gasteiger partial charge is 0.242 e. The van der Waals surface area contributed by atoms with Gasteiger partial charge in [-0.1, -0.05) is 27.7 Å². The van der Waals surface area contributed by atoms with Crippen molar-refractivity contribution in [3.05, 3.63) is 18.0 Å². The van der Waals surface area contributed by atoms with E-state index in [0.717, 1.165) is 18.7 Å². The predicted octanol–water partition coefficient (Wildman–Crippen LogP) is 1.94. The van der Waals surface area contributed by atoms with Gasteiger partial charge in [-0.05, 0) is 24.9 Å². The Morgan fingerprint density at radius 3 is 2.45 bits per heavy atom. The number of nitrogens with one attached hydrogen (secondary N) is 2. The third kappa shape index (κ3) is 4.92. The molecule has 0 atom stereocenters. The maximum atomic E-state index is 12.3. The van der Waals surface area contributed by atoms with Crippen LogP contribution in [-0.2, 0) is 23.1 Å². The fraction of sp³-hybridized carbons (Fsp3) is 0.714. The van der Waals surface area contributed by atoms with E-state index in [-0.39, 0.29) is 5.41 Å². The summed E-state index contributed by atoms with van der Waals surface area (Å²) in [5.74, 6) is 0. The Hall–Kier alpha value is -0.850. The van der Waals surface area contributed by atoms with Gasteiger partial charge in [0.2, 0.25) is 10.0 Å². The molecule has 0 aliphatic heterocycles. The molecule has 5 nitrogen and oxygen atoms in total. The lowest BCUT2D eigenvalue weighted by atomic mass is 9.98. The van der Waals surface area contributed by atoms with E-state index in [2.05, 4.69) is 17.0 Å². The fourth-order valence-corrected chi connectivity index (χ4v) is 3.19. The van der Waals surface area contributed by atoms with Crippen molar-refractivity contribution in [2.24, 2.45) is 5.41 Å². The van der Waals surface area contributed by atoms with Crippen molar-refractivity contribution in [2.45, 2.75) is 52.1 Å². The summed E-state index contributed by atoms with van der Waals surface area (Å²) < 4.78 is 29.3. The molecule has 0 aliphatic rings. The second-order valence-corrected chi connectivity index (χ2v) is 8.04. The van der Waals surface area contributed by atoms with Gasteiger partial charge in [0.05, 0.1) is 4.90 Å². The highest BCUT2D eigenvalue weighted by atomic mass is 32.2. The van der Waals surface area contributed by atoms with E-state index in [1.54, 1.807) is 12.3 Å². The van der Waals surface area contributed by atoms with Crippen molar-refractivity contribution < 1.29 is 8.42 Å². The first kappa shape index (κ1) is 17.2. The number of aromatic nitrogens is 1. The molecule has 1 rings (SSSR count). The Kier molecular flexibility index (Phi) is 5.79. The van der Waals surface area contributed by atoms with Crippen LogP contribution in [0.25, 0.3) is 0 Å². The number of aryl methyl sites for hydroxylation is 1. The van der Waals surface area contributed by atoms with Crippen molar-refractivity contribution in [3.8, 4) is 0 Å². The van der Waals surface area contributed by atoms with Gasteiger partial charge in [0.15, 0.2) is 0 Å². The number of hydrogen-bond donors (Lipinski definition) is 2. The summed E-state index contributed by atoms with van der Waals surface area (Å²) in [6.07, 6.45) is 2.70. The maximum Gasteiger partial charge on any atom is 0.242 e. The molecule has 1 aromatic rings. The summed E-state index contributed by atoms with van der Waals surface area (Å²) in [7, 11) is -1.57. The maximum absolute atomic E-state index is 12.3. The molecule has 0 amide bonds. The number of rotatable bonds is 7. The van der Waals surface area contributed by atoms with E-state index < -0.39 is 10.0 Å². The second kappa shape index (κ2) is 6.74. The van der Waals surface area contributed by atoms with Crippen LogP contribution in [0.3, 0.4) is 0 Å². The summed E-state index contributed by atoms with van der Waals surface area (Å²) in [4.78, 5) is 0.348. The third-order valence-electron chi connectivity index (χ3n) is 2.89. The van der Waals surface area contributed by atoms with Gasteiger partial charge >= 0.3 is 0 Å². The zero-order valence-corrected chi connectivity index (χ0v) is 14.0. The zero-order chi connectivity index (χ0) is 15.4. The van der Waals surface area contributed by atoms with Gasteiger partial charge in [-0.3, -0.25) is 0 Å². The summed E-state index contributed by atoms with van der Waals surface area (Å²) in [6, 6.07) is 1.75. The Bertz CT molecular complexity index is 504. The first-order valence-corrected chi connectivity index (χ1v) is 8.51. The van der Waals surface area contributed by atoms with Crippen LogP contribution >= 0.6 is 0 Å². The molecule has 0 aliphatic carbocycles. The minimum absolute atomic E-state index is 0.0765. The molecule has 0 aromatic carbocycles. The van der Waals surface area contributed by atoms with Crippen LogP contribution in [0.2, 0.25) is 0 Å². The molecule has 0 fully saturated rings. The lowest BCUT2D eigenvalue weighted by molar-refractivity contribution is 0.407. The highest BCUT2D eigenvalue weighted by Crippen LogP contribution is 2.17. The van der Waals surface area contributed by atoms with Gasteiger partial charge < -0.3 is 9.88 Å². The number of nitrogens with zero attached hydrogens (tertiary/aromatic N) is 1. The predicted molar refractivity (Wildman–Crippen MR) is 82.1 cm³/mol. The van der Waals surface area contributed by atoms with E-state index in [4.69, 9.17) is 0 Å². The molecule has 0 unspecified atom stereocenters. The van der Waals surface area contributed by atoms with Gasteiger partial charge in [0, 0.05) is 31.5 Å². The first-order valence-electron chi connectivity index (χ1n) is 7.03. The molecular formula is C14H27N3O2S. The van der Waals surface area contributed by atoms with E-state index >= 15 is 0 Å². The average molecular weight is 301 g/mol. The Labute approximate surface area is 122 Å². The quantitative estimate of drug-likeness (QED) is 0.809. The normalized spacial score (nSPS) is 12.8. The molecular weight excluding hydrogens is 274 g/mol. The fourth-order valence-electron chi connectivity index (χ4n) is 1.85. The van der Waals surface area contributed by atoms with Crippen molar-refractivity contribution >= 4 is 10.0 Å². The van der Waals surface area contributed by atoms with Gasteiger partial charge in [0.1, 0.15) is 0 Å². The number of sulfonamides is 1. The molecule has 116 valence electrons. The van der Waals surface area contributed by atoms with Crippen LogP contribution in [0.15, 0.2) is 17.2 Å². The van der Waals surface area contributed by atoms with Crippen LogP contribution in [0.5, 0.6) is 0 Å². The lowest BCUT2D eigenvalue weighted by Crippen LogP contribution is -2.32. The minimum atomic E-state index is -3.43. The van der Waals surface area contributed by atoms with Gasteiger partial charge in [-0.2, -0.15) is 0 Å². The van der Waals surface area contributed by atoms with Gasteiger partial charge in [-0.25, -0.2) is 13.1 Å². The van der Waals surface area contributed by atoms with E-state index in [1.807, 2.05) is 32.4 Å². The average Bonchev–Trinajstić information content (AvgIpc) is 2.71. The molecule has 0 saturated heterocycles. The zero-order valence-electron chi connectivity index (χ0n) is 13.2. The molecule has 1 aromatic heterocycles. The summed E-state index contributed by atoms with van der Waals surface area (Å²) in [5.41, 5.74) is 0.915. The molecule has 0 radical (unpaired) electrons. The summed E-state index contributed by atoms with van der Waals surface area (Å²) in [6.45, 7) is 10.0. The second-order valence-electron chi connectivity index (χ2n) is 6.28. The molecule has 0 saturated carbocycles. The van der Waals surface area contributed by atoms with Crippen molar-refractivity contribution in [1.29, 1.82) is 0 Å². The first-order chi connectivity index (χ1) is 9.19. The largest absolute Gasteiger partial charge is 0.349 e. The van der Waals surface area contributed by atoms with Crippen molar-refractivity contribution in [3.63, 3.8) is 0 Å². The topological polar surface area (TPSA) is 63.1 Å². The highest BCUT2D eigenvalue weighted by Gasteiger charge is 2.20. The van der Waals surface area contributed by atoms with E-state index in [0.29, 0.717) is 18.0 Å². The molecule has 2 N–H and O–H groups in total. The standard InChI is InChI=1S/C14H27N3O2S/c1-6-7-17-10-13(8-12(17)9-15-5)20(18,19)16-11-14(2,3)4/h8,10,15-16H,6-7,9,11H2,1-5H3. The van der Waals surface area contributed by atoms with Crippen LogP contribution in [0.4, 0.5) is 0 Å². The third-order valence-corrected chi connectivity index (χ3v) is 4.25. The Morgan fingerprint density at radius 1 is 1.30 bits per heavy atom. The molecule has 20 heavy (non-hydrogen) atoms. The lowest BCUT2D eigenvalue weighted by Gasteiger charge is -2.18. The van der Waals surface area contributed by atoms with Gasteiger partial charge in [0.25, 0.3) is 0 Å². The van der Waals surface area contributed by atoms with Crippen molar-refractivity contribution in [2.75, 3.05) is 13.6 Å². The van der Waals surface area contributed by atoms with E-state index in [1.165, 1.54) is 0 Å². The minimum Gasteiger partial charge on any atom is -0.349 e. The Balaban J connectivity index is 2.97. The Morgan fingerprint density at radius 2 is 1.95 bits per heavy atom. The monoisotopic (exact) mass is 301 g/mol. The summed E-state index contributed by atoms with van der Waals surface area (Å²) in [5, 5.41) is 3.07. The van der Waals surface area contributed by atoms with E-state index in [9.17, 15) is 8.42 Å². The van der Waals surface area contributed by atoms with Gasteiger partial charge in [-0.15, -0.1) is 0 Å². The molecule has 0 spiro atoms. The van der Waals surface area contributed by atoms with Crippen LogP contribution in [0, 0.1) is 5.41 Å². The molecule has 6 heteroatoms. The van der Waals surface area contributed by atoms with Crippen LogP contribution in [0.1, 0.15) is 39.8 Å². The van der Waals surface area contributed by atoms with Crippen molar-refractivity contribution in [1.82, 2.24) is 14.6 Å². The number of hydrogen-bond acceptors (Lipinski definition) is 3. The van der Waals surface area contributed by atoms with Crippen LogP contribution < -0.4 is 10.0 Å². The molecule has 0 bridgehead atoms. The SMILES string of the molecule is CCCn1cc(S(=O)(=O)NCC(C)(C)C)cc1CNC. The molecule has 1 heterocycles. The highest BCUT2D eigenvalue weighted by molar-refractivity contribution is 7.89.